The summed E-state index contributed by atoms with van der Waals surface area (Å²) in [4.78, 5) is 0. The molecule has 0 N–H and O–H groups in total. The summed E-state index contributed by atoms with van der Waals surface area (Å²) in [5, 5.41) is 0. The van der Waals surface area contributed by atoms with Crippen molar-refractivity contribution in [3.63, 3.8) is 0 Å². The lowest BCUT2D eigenvalue weighted by atomic mass is 9.82. The first-order valence-electron chi connectivity index (χ1n) is 9.40. The summed E-state index contributed by atoms with van der Waals surface area (Å²) in [5.41, 5.74) is 3.27. The van der Waals surface area contributed by atoms with Gasteiger partial charge in [-0.25, -0.2) is 0 Å². The maximum Gasteiger partial charge on any atom is -0.00148 e. The van der Waals surface area contributed by atoms with Gasteiger partial charge in [-0.05, 0) is 87.9 Å². The van der Waals surface area contributed by atoms with Gasteiger partial charge in [-0.1, -0.05) is 47.6 Å². The molecule has 0 aromatic carbocycles. The van der Waals surface area contributed by atoms with Crippen LogP contribution in [0.5, 0.6) is 0 Å². The summed E-state index contributed by atoms with van der Waals surface area (Å²) in [6.45, 7) is 4.48. The molecule has 6 unspecified atom stereocenters. The predicted molar refractivity (Wildman–Crippen MR) is 94.4 cm³/mol. The van der Waals surface area contributed by atoms with Crippen molar-refractivity contribution in [2.45, 2.75) is 52.4 Å². The highest BCUT2D eigenvalue weighted by Crippen LogP contribution is 2.49. The van der Waals surface area contributed by atoms with Crippen molar-refractivity contribution in [2.24, 2.45) is 35.5 Å². The van der Waals surface area contributed by atoms with E-state index in [2.05, 4.69) is 50.3 Å². The van der Waals surface area contributed by atoms with Gasteiger partial charge in [0, 0.05) is 0 Å². The van der Waals surface area contributed by atoms with Gasteiger partial charge in [-0.3, -0.25) is 0 Å². The SMILES string of the molecule is C1=CC(C2CC3C=CC2C3)CC1.CC(C)=C1CC2C=CC1C2. The molecule has 5 rings (SSSR count). The van der Waals surface area contributed by atoms with E-state index in [1.807, 2.05) is 0 Å². The third-order valence-corrected chi connectivity index (χ3v) is 6.67. The van der Waals surface area contributed by atoms with Crippen molar-refractivity contribution in [3.05, 3.63) is 47.6 Å². The first-order chi connectivity index (χ1) is 10.7. The molecule has 0 heterocycles. The van der Waals surface area contributed by atoms with E-state index < -0.39 is 0 Å². The van der Waals surface area contributed by atoms with Crippen LogP contribution in [0.25, 0.3) is 0 Å². The van der Waals surface area contributed by atoms with Gasteiger partial charge in [0.05, 0.1) is 0 Å². The zero-order valence-electron chi connectivity index (χ0n) is 14.2. The van der Waals surface area contributed by atoms with Crippen LogP contribution < -0.4 is 0 Å². The highest BCUT2D eigenvalue weighted by Gasteiger charge is 2.39. The Hall–Kier alpha value is -1.04. The Morgan fingerprint density at radius 3 is 2.18 bits per heavy atom. The summed E-state index contributed by atoms with van der Waals surface area (Å²) < 4.78 is 0. The second-order valence-corrected chi connectivity index (χ2v) is 8.33. The number of allylic oxidation sites excluding steroid dienone is 8. The van der Waals surface area contributed by atoms with E-state index >= 15 is 0 Å². The molecule has 0 nitrogen and oxygen atoms in total. The molecular formula is C22H30. The van der Waals surface area contributed by atoms with Gasteiger partial charge < -0.3 is 0 Å². The lowest BCUT2D eigenvalue weighted by molar-refractivity contribution is 0.336. The Morgan fingerprint density at radius 2 is 1.73 bits per heavy atom. The minimum absolute atomic E-state index is 0.829. The molecule has 0 aromatic heterocycles. The number of hydrogen-bond donors (Lipinski definition) is 0. The molecule has 0 aliphatic heterocycles. The summed E-state index contributed by atoms with van der Waals surface area (Å²) >= 11 is 0. The van der Waals surface area contributed by atoms with Crippen LogP contribution in [0.3, 0.4) is 0 Å². The van der Waals surface area contributed by atoms with Crippen LogP contribution in [0, 0.1) is 35.5 Å². The lowest BCUT2D eigenvalue weighted by Crippen LogP contribution is -2.15. The normalized spacial score (nSPS) is 43.1. The Kier molecular flexibility index (Phi) is 3.88. The highest BCUT2D eigenvalue weighted by atomic mass is 14.4. The second kappa shape index (κ2) is 5.87. The number of hydrogen-bond acceptors (Lipinski definition) is 0. The first kappa shape index (κ1) is 14.5. The molecule has 0 spiro atoms. The van der Waals surface area contributed by atoms with E-state index in [1.54, 1.807) is 11.1 Å². The zero-order valence-corrected chi connectivity index (χ0v) is 14.2. The third kappa shape index (κ3) is 2.66. The molecule has 5 aliphatic carbocycles. The summed E-state index contributed by atoms with van der Waals surface area (Å²) in [6.07, 6.45) is 23.0. The largest absolute Gasteiger partial charge is 0.0882 e. The molecule has 0 heteroatoms. The monoisotopic (exact) mass is 294 g/mol. The van der Waals surface area contributed by atoms with Gasteiger partial charge in [-0.15, -0.1) is 0 Å². The Labute approximate surface area is 136 Å². The molecule has 22 heavy (non-hydrogen) atoms. The molecular weight excluding hydrogens is 264 g/mol. The average molecular weight is 294 g/mol. The maximum atomic E-state index is 2.48. The van der Waals surface area contributed by atoms with Crippen LogP contribution in [-0.2, 0) is 0 Å². The van der Waals surface area contributed by atoms with Crippen molar-refractivity contribution >= 4 is 0 Å². The molecule has 5 aliphatic rings. The molecule has 0 saturated heterocycles. The van der Waals surface area contributed by atoms with Crippen LogP contribution in [0.15, 0.2) is 47.6 Å². The minimum Gasteiger partial charge on any atom is -0.0882 e. The molecule has 2 fully saturated rings. The smallest absolute Gasteiger partial charge is 0.00148 e. The van der Waals surface area contributed by atoms with Gasteiger partial charge in [0.2, 0.25) is 0 Å². The van der Waals surface area contributed by atoms with Crippen LogP contribution in [0.2, 0.25) is 0 Å². The molecule has 0 amide bonds. The highest BCUT2D eigenvalue weighted by molar-refractivity contribution is 5.29. The predicted octanol–water partition coefficient (Wildman–Crippen LogP) is 6.08. The van der Waals surface area contributed by atoms with Crippen LogP contribution in [0.4, 0.5) is 0 Å². The Balaban J connectivity index is 0.000000116. The van der Waals surface area contributed by atoms with Gasteiger partial charge in [-0.2, -0.15) is 0 Å². The van der Waals surface area contributed by atoms with Gasteiger partial charge in [0.25, 0.3) is 0 Å². The van der Waals surface area contributed by atoms with Crippen LogP contribution in [0.1, 0.15) is 52.4 Å². The van der Waals surface area contributed by atoms with E-state index in [9.17, 15) is 0 Å². The summed E-state index contributed by atoms with van der Waals surface area (Å²) in [7, 11) is 0. The number of rotatable bonds is 1. The molecule has 4 bridgehead atoms. The molecule has 2 saturated carbocycles. The van der Waals surface area contributed by atoms with Crippen molar-refractivity contribution in [1.29, 1.82) is 0 Å². The average Bonchev–Trinajstić information content (AvgIpc) is 3.34. The standard InChI is InChI=1S/C12H16.C10H14/c1-2-4-10(3-1)12-8-9-5-6-11(12)7-9;1-7(2)10-6-8-3-4-9(10)5-8/h1,3,5-6,9-12H,2,4,7-8H2;3-4,8-9H,5-6H2,1-2H3. The van der Waals surface area contributed by atoms with Crippen molar-refractivity contribution < 1.29 is 0 Å². The Morgan fingerprint density at radius 1 is 0.864 bits per heavy atom. The van der Waals surface area contributed by atoms with Crippen molar-refractivity contribution in [2.75, 3.05) is 0 Å². The quantitative estimate of drug-likeness (QED) is 0.514. The molecule has 118 valence electrons. The Bertz CT molecular complexity index is 540. The maximum absolute atomic E-state index is 2.48. The van der Waals surface area contributed by atoms with Crippen molar-refractivity contribution in [1.82, 2.24) is 0 Å². The van der Waals surface area contributed by atoms with E-state index in [1.165, 1.54) is 38.5 Å². The fourth-order valence-electron chi connectivity index (χ4n) is 5.52. The van der Waals surface area contributed by atoms with E-state index in [0.29, 0.717) is 0 Å². The number of fused-ring (bicyclic) bond motifs is 4. The minimum atomic E-state index is 0.829. The van der Waals surface area contributed by atoms with Gasteiger partial charge in [0.1, 0.15) is 0 Å². The summed E-state index contributed by atoms with van der Waals surface area (Å²) in [6, 6.07) is 0. The third-order valence-electron chi connectivity index (χ3n) is 6.67. The van der Waals surface area contributed by atoms with Crippen molar-refractivity contribution in [3.8, 4) is 0 Å². The van der Waals surface area contributed by atoms with Crippen LogP contribution in [-0.4, -0.2) is 0 Å². The van der Waals surface area contributed by atoms with Gasteiger partial charge in [0.15, 0.2) is 0 Å². The van der Waals surface area contributed by atoms with Crippen LogP contribution >= 0.6 is 0 Å². The fraction of sp³-hybridized carbons (Fsp3) is 0.636. The topological polar surface area (TPSA) is 0 Å². The molecule has 0 aromatic rings. The lowest BCUT2D eigenvalue weighted by Gasteiger charge is -2.23. The fourth-order valence-corrected chi connectivity index (χ4v) is 5.52. The van der Waals surface area contributed by atoms with E-state index in [0.717, 1.165) is 35.5 Å². The first-order valence-corrected chi connectivity index (χ1v) is 9.40. The van der Waals surface area contributed by atoms with E-state index in [4.69, 9.17) is 0 Å². The molecule has 6 atom stereocenters. The second-order valence-electron chi connectivity index (χ2n) is 8.33. The van der Waals surface area contributed by atoms with Gasteiger partial charge >= 0.3 is 0 Å². The van der Waals surface area contributed by atoms with E-state index in [-0.39, 0.29) is 0 Å². The molecule has 0 radical (unpaired) electrons. The summed E-state index contributed by atoms with van der Waals surface area (Å²) in [5.74, 6) is 5.57. The zero-order chi connectivity index (χ0) is 15.1.